The highest BCUT2D eigenvalue weighted by Crippen LogP contribution is 2.23. The monoisotopic (exact) mass is 207 g/mol. The lowest BCUT2D eigenvalue weighted by molar-refractivity contribution is 0.661. The highest BCUT2D eigenvalue weighted by molar-refractivity contribution is 7.08. The van der Waals surface area contributed by atoms with Crippen LogP contribution in [-0.2, 0) is 13.1 Å². The largest absolute Gasteiger partial charge is 0.326 e. The average Bonchev–Trinajstić information content (AvgIpc) is 2.85. The Morgan fingerprint density at radius 2 is 2.43 bits per heavy atom. The van der Waals surface area contributed by atoms with E-state index in [1.165, 1.54) is 5.56 Å². The van der Waals surface area contributed by atoms with Crippen LogP contribution in [0.3, 0.4) is 0 Å². The van der Waals surface area contributed by atoms with Crippen molar-refractivity contribution < 1.29 is 0 Å². The summed E-state index contributed by atoms with van der Waals surface area (Å²) in [5.41, 5.74) is 8.98. The minimum Gasteiger partial charge on any atom is -0.326 e. The second-order valence-electron chi connectivity index (χ2n) is 3.07. The highest BCUT2D eigenvalue weighted by atomic mass is 32.1. The maximum Gasteiger partial charge on any atom is 0.0976 e. The van der Waals surface area contributed by atoms with E-state index in [4.69, 9.17) is 5.73 Å². The molecule has 2 aromatic rings. The van der Waals surface area contributed by atoms with Crippen molar-refractivity contribution in [1.82, 2.24) is 9.78 Å². The molecule has 0 aliphatic heterocycles. The Morgan fingerprint density at radius 3 is 3.00 bits per heavy atom. The van der Waals surface area contributed by atoms with E-state index in [1.807, 2.05) is 10.9 Å². The summed E-state index contributed by atoms with van der Waals surface area (Å²) in [6, 6.07) is 2.08. The molecule has 0 saturated carbocycles. The molecule has 74 valence electrons. The van der Waals surface area contributed by atoms with E-state index in [0.29, 0.717) is 6.54 Å². The predicted molar refractivity (Wildman–Crippen MR) is 59.1 cm³/mol. The Bertz CT molecular complexity index is 403. The summed E-state index contributed by atoms with van der Waals surface area (Å²) in [4.78, 5) is 0. The summed E-state index contributed by atoms with van der Waals surface area (Å²) in [5, 5.41) is 8.64. The fraction of sp³-hybridized carbons (Fsp3) is 0.300. The van der Waals surface area contributed by atoms with Crippen molar-refractivity contribution in [2.45, 2.75) is 20.0 Å². The molecule has 0 radical (unpaired) electrons. The van der Waals surface area contributed by atoms with Crippen LogP contribution in [0.25, 0.3) is 11.3 Å². The van der Waals surface area contributed by atoms with Gasteiger partial charge in [0, 0.05) is 35.8 Å². The highest BCUT2D eigenvalue weighted by Gasteiger charge is 2.09. The molecule has 0 spiro atoms. The Morgan fingerprint density at radius 1 is 1.57 bits per heavy atom. The lowest BCUT2D eigenvalue weighted by Gasteiger charge is -1.94. The topological polar surface area (TPSA) is 43.8 Å². The average molecular weight is 207 g/mol. The molecule has 0 amide bonds. The van der Waals surface area contributed by atoms with Crippen LogP contribution in [0.5, 0.6) is 0 Å². The van der Waals surface area contributed by atoms with Crippen LogP contribution in [-0.4, -0.2) is 9.78 Å². The number of rotatable bonds is 3. The zero-order valence-electron chi connectivity index (χ0n) is 8.10. The lowest BCUT2D eigenvalue weighted by atomic mass is 10.1. The van der Waals surface area contributed by atoms with E-state index in [2.05, 4.69) is 28.8 Å². The van der Waals surface area contributed by atoms with Gasteiger partial charge < -0.3 is 5.73 Å². The number of thiophene rings is 1. The van der Waals surface area contributed by atoms with E-state index >= 15 is 0 Å². The third-order valence-electron chi connectivity index (χ3n) is 2.18. The number of aryl methyl sites for hydroxylation is 1. The molecule has 2 N–H and O–H groups in total. The second-order valence-corrected chi connectivity index (χ2v) is 3.85. The van der Waals surface area contributed by atoms with Crippen LogP contribution in [0, 0.1) is 0 Å². The molecule has 14 heavy (non-hydrogen) atoms. The van der Waals surface area contributed by atoms with Crippen LogP contribution in [0.4, 0.5) is 0 Å². The number of nitrogens with two attached hydrogens (primary N) is 1. The molecule has 2 heterocycles. The van der Waals surface area contributed by atoms with Crippen molar-refractivity contribution in [2.24, 2.45) is 5.73 Å². The lowest BCUT2D eigenvalue weighted by Crippen LogP contribution is -1.96. The van der Waals surface area contributed by atoms with Crippen LogP contribution in [0.15, 0.2) is 23.0 Å². The van der Waals surface area contributed by atoms with Crippen LogP contribution < -0.4 is 5.73 Å². The van der Waals surface area contributed by atoms with E-state index in [0.717, 1.165) is 17.8 Å². The molecule has 0 aromatic carbocycles. The first-order valence-electron chi connectivity index (χ1n) is 4.64. The maximum absolute atomic E-state index is 5.67. The third-order valence-corrected chi connectivity index (χ3v) is 2.86. The quantitative estimate of drug-likeness (QED) is 0.837. The number of hydrogen-bond donors (Lipinski definition) is 1. The van der Waals surface area contributed by atoms with Gasteiger partial charge in [0.2, 0.25) is 0 Å². The van der Waals surface area contributed by atoms with E-state index in [-0.39, 0.29) is 0 Å². The van der Waals surface area contributed by atoms with Gasteiger partial charge in [-0.3, -0.25) is 4.68 Å². The van der Waals surface area contributed by atoms with Gasteiger partial charge in [-0.2, -0.15) is 16.4 Å². The maximum atomic E-state index is 5.67. The van der Waals surface area contributed by atoms with E-state index in [1.54, 1.807) is 11.3 Å². The molecule has 0 saturated heterocycles. The van der Waals surface area contributed by atoms with E-state index in [9.17, 15) is 0 Å². The number of nitrogens with zero attached hydrogens (tertiary/aromatic N) is 2. The summed E-state index contributed by atoms with van der Waals surface area (Å²) in [7, 11) is 0. The molecule has 2 aromatic heterocycles. The van der Waals surface area contributed by atoms with Crippen LogP contribution in [0.2, 0.25) is 0 Å². The zero-order valence-corrected chi connectivity index (χ0v) is 8.92. The minimum absolute atomic E-state index is 0.547. The van der Waals surface area contributed by atoms with Gasteiger partial charge in [0.25, 0.3) is 0 Å². The molecule has 2 rings (SSSR count). The summed E-state index contributed by atoms with van der Waals surface area (Å²) >= 11 is 1.68. The normalized spacial score (nSPS) is 10.7. The zero-order chi connectivity index (χ0) is 9.97. The molecular weight excluding hydrogens is 194 g/mol. The molecule has 0 bridgehead atoms. The van der Waals surface area contributed by atoms with Crippen molar-refractivity contribution in [3.8, 4) is 11.3 Å². The SMILES string of the molecule is CCn1cc(CN)c(-c2ccsc2)n1. The van der Waals surface area contributed by atoms with Crippen molar-refractivity contribution in [3.05, 3.63) is 28.6 Å². The van der Waals surface area contributed by atoms with Gasteiger partial charge in [0.05, 0.1) is 5.69 Å². The number of hydrogen-bond acceptors (Lipinski definition) is 3. The summed E-state index contributed by atoms with van der Waals surface area (Å²) in [6.45, 7) is 3.51. The molecule has 3 nitrogen and oxygen atoms in total. The van der Waals surface area contributed by atoms with E-state index < -0.39 is 0 Å². The first-order valence-corrected chi connectivity index (χ1v) is 5.58. The predicted octanol–water partition coefficient (Wildman–Crippen LogP) is 2.09. The number of aromatic nitrogens is 2. The Hall–Kier alpha value is -1.13. The smallest absolute Gasteiger partial charge is 0.0976 e. The Kier molecular flexibility index (Phi) is 2.65. The van der Waals surface area contributed by atoms with Gasteiger partial charge in [0.15, 0.2) is 0 Å². The standard InChI is InChI=1S/C10H13N3S/c1-2-13-6-9(5-11)10(12-13)8-3-4-14-7-8/h3-4,6-7H,2,5,11H2,1H3. The summed E-state index contributed by atoms with van der Waals surface area (Å²) < 4.78 is 1.93. The molecule has 0 unspecified atom stereocenters. The first kappa shape index (κ1) is 9.43. The van der Waals surface area contributed by atoms with Crippen molar-refractivity contribution in [2.75, 3.05) is 0 Å². The van der Waals surface area contributed by atoms with Crippen LogP contribution in [0.1, 0.15) is 12.5 Å². The minimum atomic E-state index is 0.547. The van der Waals surface area contributed by atoms with Gasteiger partial charge >= 0.3 is 0 Å². The summed E-state index contributed by atoms with van der Waals surface area (Å²) in [6.07, 6.45) is 2.02. The summed E-state index contributed by atoms with van der Waals surface area (Å²) in [5.74, 6) is 0. The fourth-order valence-electron chi connectivity index (χ4n) is 1.42. The van der Waals surface area contributed by atoms with Gasteiger partial charge in [0.1, 0.15) is 0 Å². The second kappa shape index (κ2) is 3.94. The van der Waals surface area contributed by atoms with Gasteiger partial charge in [-0.15, -0.1) is 0 Å². The van der Waals surface area contributed by atoms with Gasteiger partial charge in [-0.25, -0.2) is 0 Å². The molecule has 4 heteroatoms. The fourth-order valence-corrected chi connectivity index (χ4v) is 2.06. The van der Waals surface area contributed by atoms with Crippen molar-refractivity contribution in [3.63, 3.8) is 0 Å². The van der Waals surface area contributed by atoms with Crippen molar-refractivity contribution in [1.29, 1.82) is 0 Å². The third kappa shape index (κ3) is 1.58. The molecule has 0 fully saturated rings. The van der Waals surface area contributed by atoms with Gasteiger partial charge in [-0.05, 0) is 18.4 Å². The van der Waals surface area contributed by atoms with Gasteiger partial charge in [-0.1, -0.05) is 0 Å². The molecular formula is C10H13N3S. The Balaban J connectivity index is 2.46. The van der Waals surface area contributed by atoms with Crippen molar-refractivity contribution >= 4 is 11.3 Å². The molecule has 0 atom stereocenters. The van der Waals surface area contributed by atoms with Crippen LogP contribution >= 0.6 is 11.3 Å². The molecule has 0 aliphatic rings. The Labute approximate surface area is 87.2 Å². The first-order chi connectivity index (χ1) is 6.85. The molecule has 0 aliphatic carbocycles.